The minimum atomic E-state index is -0.451. The fourth-order valence-electron chi connectivity index (χ4n) is 1.35. The number of aromatic nitrogens is 3. The van der Waals surface area contributed by atoms with Crippen LogP contribution >= 0.6 is 15.9 Å². The molecule has 0 N–H and O–H groups in total. The minimum Gasteiger partial charge on any atom is -0.258 e. The number of rotatable bonds is 2. The molecule has 0 bridgehead atoms. The molecule has 16 heavy (non-hydrogen) atoms. The Bertz CT molecular complexity index is 552. The lowest BCUT2D eigenvalue weighted by Gasteiger charge is -2.03. The van der Waals surface area contributed by atoms with Gasteiger partial charge in [0.1, 0.15) is 0 Å². The zero-order valence-corrected chi connectivity index (χ0v) is 9.88. The molecule has 0 fully saturated rings. The number of hydrogen-bond donors (Lipinski definition) is 0. The molecule has 0 aliphatic heterocycles. The summed E-state index contributed by atoms with van der Waals surface area (Å²) in [7, 11) is 0. The van der Waals surface area contributed by atoms with Gasteiger partial charge in [0.2, 0.25) is 5.82 Å². The highest BCUT2D eigenvalue weighted by Gasteiger charge is 2.20. The second kappa shape index (κ2) is 4.01. The number of aryl methyl sites for hydroxylation is 1. The van der Waals surface area contributed by atoms with Crippen LogP contribution in [-0.2, 0) is 0 Å². The van der Waals surface area contributed by atoms with E-state index in [2.05, 4.69) is 26.0 Å². The molecule has 0 atom stereocenters. The maximum Gasteiger partial charge on any atom is 0.316 e. The first-order valence-electron chi connectivity index (χ1n) is 4.40. The zero-order chi connectivity index (χ0) is 11.7. The van der Waals surface area contributed by atoms with Crippen LogP contribution in [0, 0.1) is 17.0 Å². The van der Waals surface area contributed by atoms with E-state index in [0.29, 0.717) is 5.56 Å². The molecule has 0 unspecified atom stereocenters. The Kier molecular flexibility index (Phi) is 2.69. The van der Waals surface area contributed by atoms with Crippen molar-refractivity contribution in [2.24, 2.45) is 0 Å². The van der Waals surface area contributed by atoms with Crippen LogP contribution in [0.2, 0.25) is 0 Å². The summed E-state index contributed by atoms with van der Waals surface area (Å²) < 4.78 is 2.11. The second-order valence-corrected chi connectivity index (χ2v) is 4.08. The summed E-state index contributed by atoms with van der Waals surface area (Å²) in [5.74, 6) is 0.218. The SMILES string of the molecule is Cc1ccnc(-n2cc(Br)cn2)c1[N+](=O)[O-]. The smallest absolute Gasteiger partial charge is 0.258 e. The van der Waals surface area contributed by atoms with Gasteiger partial charge in [0.05, 0.1) is 15.6 Å². The van der Waals surface area contributed by atoms with Crippen LogP contribution in [0.3, 0.4) is 0 Å². The Morgan fingerprint density at radius 2 is 2.31 bits per heavy atom. The van der Waals surface area contributed by atoms with E-state index in [1.165, 1.54) is 10.9 Å². The van der Waals surface area contributed by atoms with Crippen LogP contribution in [0.4, 0.5) is 5.69 Å². The average molecular weight is 283 g/mol. The summed E-state index contributed by atoms with van der Waals surface area (Å²) in [5, 5.41) is 14.9. The van der Waals surface area contributed by atoms with Gasteiger partial charge in [0, 0.05) is 18.0 Å². The normalized spacial score (nSPS) is 10.4. The maximum absolute atomic E-state index is 10.9. The highest BCUT2D eigenvalue weighted by molar-refractivity contribution is 9.10. The maximum atomic E-state index is 10.9. The summed E-state index contributed by atoms with van der Waals surface area (Å²) in [6.45, 7) is 1.67. The van der Waals surface area contributed by atoms with E-state index in [-0.39, 0.29) is 11.5 Å². The third-order valence-electron chi connectivity index (χ3n) is 2.06. The predicted octanol–water partition coefficient (Wildman–Crippen LogP) is 2.25. The van der Waals surface area contributed by atoms with Crippen molar-refractivity contribution in [2.45, 2.75) is 6.92 Å². The third kappa shape index (κ3) is 1.81. The van der Waals surface area contributed by atoms with E-state index < -0.39 is 4.92 Å². The Morgan fingerprint density at radius 3 is 2.88 bits per heavy atom. The van der Waals surface area contributed by atoms with Gasteiger partial charge in [0.15, 0.2) is 0 Å². The summed E-state index contributed by atoms with van der Waals surface area (Å²) in [6.07, 6.45) is 4.69. The molecular formula is C9H7BrN4O2. The summed E-state index contributed by atoms with van der Waals surface area (Å²) in [6, 6.07) is 1.60. The van der Waals surface area contributed by atoms with Crippen molar-refractivity contribution < 1.29 is 4.92 Å². The van der Waals surface area contributed by atoms with E-state index in [4.69, 9.17) is 0 Å². The molecule has 2 aromatic heterocycles. The van der Waals surface area contributed by atoms with Crippen molar-refractivity contribution in [3.63, 3.8) is 0 Å². The van der Waals surface area contributed by atoms with Crippen molar-refractivity contribution in [3.05, 3.63) is 44.8 Å². The topological polar surface area (TPSA) is 73.8 Å². The van der Waals surface area contributed by atoms with Gasteiger partial charge >= 0.3 is 5.69 Å². The molecule has 0 aliphatic carbocycles. The van der Waals surface area contributed by atoms with Gasteiger partial charge in [-0.2, -0.15) is 5.10 Å². The quantitative estimate of drug-likeness (QED) is 0.625. The monoisotopic (exact) mass is 282 g/mol. The average Bonchev–Trinajstić information content (AvgIpc) is 2.63. The summed E-state index contributed by atoms with van der Waals surface area (Å²) in [5.41, 5.74) is 0.528. The van der Waals surface area contributed by atoms with E-state index in [1.54, 1.807) is 25.4 Å². The Labute approximate surface area is 99.2 Å². The molecule has 0 saturated carbocycles. The highest BCUT2D eigenvalue weighted by Crippen LogP contribution is 2.24. The lowest BCUT2D eigenvalue weighted by Crippen LogP contribution is -2.04. The molecule has 0 aliphatic rings. The molecule has 2 aromatic rings. The van der Waals surface area contributed by atoms with E-state index in [9.17, 15) is 10.1 Å². The molecule has 0 aromatic carbocycles. The molecule has 82 valence electrons. The van der Waals surface area contributed by atoms with Crippen LogP contribution < -0.4 is 0 Å². The van der Waals surface area contributed by atoms with E-state index >= 15 is 0 Å². The van der Waals surface area contributed by atoms with Gasteiger partial charge in [-0.1, -0.05) is 0 Å². The van der Waals surface area contributed by atoms with E-state index in [0.717, 1.165) is 4.47 Å². The molecule has 0 radical (unpaired) electrons. The Hall–Kier alpha value is -1.76. The fraction of sp³-hybridized carbons (Fsp3) is 0.111. The molecule has 2 rings (SSSR count). The second-order valence-electron chi connectivity index (χ2n) is 3.16. The van der Waals surface area contributed by atoms with Crippen LogP contribution in [0.1, 0.15) is 5.56 Å². The number of pyridine rings is 1. The summed E-state index contributed by atoms with van der Waals surface area (Å²) in [4.78, 5) is 14.5. The molecular weight excluding hydrogens is 276 g/mol. The van der Waals surface area contributed by atoms with Crippen molar-refractivity contribution >= 4 is 21.6 Å². The summed E-state index contributed by atoms with van der Waals surface area (Å²) >= 11 is 3.23. The van der Waals surface area contributed by atoms with Gasteiger partial charge in [-0.05, 0) is 28.9 Å². The van der Waals surface area contributed by atoms with Crippen molar-refractivity contribution in [3.8, 4) is 5.82 Å². The molecule has 7 heteroatoms. The van der Waals surface area contributed by atoms with Gasteiger partial charge in [-0.25, -0.2) is 9.67 Å². The molecule has 0 amide bonds. The Morgan fingerprint density at radius 1 is 1.56 bits per heavy atom. The molecule has 2 heterocycles. The van der Waals surface area contributed by atoms with Gasteiger partial charge in [-0.15, -0.1) is 0 Å². The van der Waals surface area contributed by atoms with E-state index in [1.807, 2.05) is 0 Å². The van der Waals surface area contributed by atoms with Crippen LogP contribution in [0.5, 0.6) is 0 Å². The van der Waals surface area contributed by atoms with Crippen LogP contribution in [0.25, 0.3) is 5.82 Å². The van der Waals surface area contributed by atoms with Crippen LogP contribution in [0.15, 0.2) is 29.1 Å². The third-order valence-corrected chi connectivity index (χ3v) is 2.47. The zero-order valence-electron chi connectivity index (χ0n) is 8.29. The number of nitro groups is 1. The lowest BCUT2D eigenvalue weighted by molar-refractivity contribution is -0.385. The predicted molar refractivity (Wildman–Crippen MR) is 60.5 cm³/mol. The van der Waals surface area contributed by atoms with Crippen LogP contribution in [-0.4, -0.2) is 19.7 Å². The molecule has 6 nitrogen and oxygen atoms in total. The van der Waals surface area contributed by atoms with Gasteiger partial charge < -0.3 is 0 Å². The molecule has 0 saturated heterocycles. The first-order valence-corrected chi connectivity index (χ1v) is 5.19. The number of hydrogen-bond acceptors (Lipinski definition) is 4. The highest BCUT2D eigenvalue weighted by atomic mass is 79.9. The fourth-order valence-corrected chi connectivity index (χ4v) is 1.63. The minimum absolute atomic E-state index is 0.0295. The van der Waals surface area contributed by atoms with Crippen molar-refractivity contribution in [1.29, 1.82) is 0 Å². The Balaban J connectivity index is 2.65. The largest absolute Gasteiger partial charge is 0.316 e. The standard InChI is InChI=1S/C9H7BrN4O2/c1-6-2-3-11-9(8(6)14(15)16)13-5-7(10)4-12-13/h2-5H,1H3. The first-order chi connectivity index (χ1) is 7.59. The number of nitrogens with zero attached hydrogens (tertiary/aromatic N) is 4. The van der Waals surface area contributed by atoms with Crippen molar-refractivity contribution in [1.82, 2.24) is 14.8 Å². The molecule has 0 spiro atoms. The first kappa shape index (κ1) is 10.7. The van der Waals surface area contributed by atoms with Gasteiger partial charge in [0.25, 0.3) is 0 Å². The van der Waals surface area contributed by atoms with Gasteiger partial charge in [-0.3, -0.25) is 10.1 Å². The number of halogens is 1. The lowest BCUT2D eigenvalue weighted by atomic mass is 10.2. The van der Waals surface area contributed by atoms with Crippen molar-refractivity contribution in [2.75, 3.05) is 0 Å².